The van der Waals surface area contributed by atoms with Crippen molar-refractivity contribution in [3.8, 4) is 5.82 Å². The Morgan fingerprint density at radius 2 is 2.06 bits per heavy atom. The van der Waals surface area contributed by atoms with E-state index < -0.39 is 0 Å². The van der Waals surface area contributed by atoms with Crippen molar-refractivity contribution in [1.82, 2.24) is 25.0 Å². The van der Waals surface area contributed by atoms with Gasteiger partial charge < -0.3 is 10.1 Å². The van der Waals surface area contributed by atoms with Gasteiger partial charge in [-0.15, -0.1) is 0 Å². The zero-order valence-electron chi connectivity index (χ0n) is 17.6. The van der Waals surface area contributed by atoms with E-state index in [4.69, 9.17) is 21.4 Å². The molecule has 1 N–H and O–H groups in total. The average Bonchev–Trinajstić information content (AvgIpc) is 3.10. The van der Waals surface area contributed by atoms with Crippen LogP contribution in [-0.4, -0.2) is 64.0 Å². The number of carbonyl (C=O) groups is 1. The average molecular weight is 442 g/mol. The molecule has 0 radical (unpaired) electrons. The summed E-state index contributed by atoms with van der Waals surface area (Å²) in [5, 5.41) is 8.84. The zero-order valence-corrected chi connectivity index (χ0v) is 18.4. The lowest BCUT2D eigenvalue weighted by Gasteiger charge is -2.37. The number of ether oxygens (including phenoxy) is 1. The minimum absolute atomic E-state index is 0.0274. The summed E-state index contributed by atoms with van der Waals surface area (Å²) in [4.78, 5) is 20.5. The molecule has 3 heterocycles. The third-order valence-electron chi connectivity index (χ3n) is 7.48. The van der Waals surface area contributed by atoms with E-state index in [0.717, 1.165) is 76.3 Å². The van der Waals surface area contributed by atoms with E-state index in [1.165, 1.54) is 12.1 Å². The molecule has 7 nitrogen and oxygen atoms in total. The predicted octanol–water partition coefficient (Wildman–Crippen LogP) is 2.96. The number of carbonyl (C=O) groups excluding carboxylic acids is 1. The van der Waals surface area contributed by atoms with Crippen molar-refractivity contribution in [2.24, 2.45) is 5.92 Å². The lowest BCUT2D eigenvalue weighted by atomic mass is 9.95. The number of aromatic nitrogens is 3. The highest BCUT2D eigenvalue weighted by Crippen LogP contribution is 2.57. The first kappa shape index (κ1) is 19.7. The summed E-state index contributed by atoms with van der Waals surface area (Å²) in [6.45, 7) is 4.33. The summed E-state index contributed by atoms with van der Waals surface area (Å²) < 4.78 is 7.40. The number of morpholine rings is 1. The lowest BCUT2D eigenvalue weighted by molar-refractivity contribution is 0.0237. The highest BCUT2D eigenvalue weighted by atomic mass is 35.5. The van der Waals surface area contributed by atoms with E-state index in [1.54, 1.807) is 6.20 Å². The van der Waals surface area contributed by atoms with Crippen LogP contribution >= 0.6 is 11.6 Å². The molecular weight excluding hydrogens is 414 g/mol. The van der Waals surface area contributed by atoms with Crippen molar-refractivity contribution in [2.75, 3.05) is 32.8 Å². The Balaban J connectivity index is 1.29. The van der Waals surface area contributed by atoms with Gasteiger partial charge in [-0.05, 0) is 43.7 Å². The Bertz CT molecular complexity index is 992. The second-order valence-electron chi connectivity index (χ2n) is 9.60. The third kappa shape index (κ3) is 3.56. The monoisotopic (exact) mass is 441 g/mol. The Labute approximate surface area is 187 Å². The first-order valence-electron chi connectivity index (χ1n) is 11.5. The van der Waals surface area contributed by atoms with Crippen LogP contribution in [0.1, 0.15) is 59.8 Å². The quantitative estimate of drug-likeness (QED) is 0.772. The van der Waals surface area contributed by atoms with Crippen LogP contribution in [-0.2, 0) is 11.2 Å². The molecule has 6 rings (SSSR count). The first-order valence-corrected chi connectivity index (χ1v) is 11.9. The van der Waals surface area contributed by atoms with Gasteiger partial charge in [-0.25, -0.2) is 9.67 Å². The zero-order chi connectivity index (χ0) is 21.0. The van der Waals surface area contributed by atoms with Crippen LogP contribution in [0.3, 0.4) is 0 Å². The molecule has 164 valence electrons. The molecule has 1 aliphatic heterocycles. The number of fused-ring (bicyclic) bond motifs is 3. The van der Waals surface area contributed by atoms with Gasteiger partial charge in [0.1, 0.15) is 0 Å². The van der Waals surface area contributed by atoms with Crippen molar-refractivity contribution >= 4 is 17.5 Å². The van der Waals surface area contributed by atoms with Crippen LogP contribution < -0.4 is 5.32 Å². The Hall–Kier alpha value is -1.96. The van der Waals surface area contributed by atoms with Crippen molar-refractivity contribution in [3.05, 3.63) is 40.3 Å². The van der Waals surface area contributed by atoms with Crippen molar-refractivity contribution in [1.29, 1.82) is 0 Å². The maximum Gasteiger partial charge on any atom is 0.272 e. The maximum absolute atomic E-state index is 13.6. The molecule has 2 aromatic heterocycles. The van der Waals surface area contributed by atoms with Gasteiger partial charge in [-0.1, -0.05) is 24.4 Å². The molecule has 3 fully saturated rings. The smallest absolute Gasteiger partial charge is 0.272 e. The second-order valence-corrected chi connectivity index (χ2v) is 10.0. The molecule has 2 saturated carbocycles. The van der Waals surface area contributed by atoms with Crippen molar-refractivity contribution < 1.29 is 9.53 Å². The maximum atomic E-state index is 13.6. The molecule has 3 aliphatic carbocycles. The molecule has 4 aliphatic rings. The molecular formula is C23H28ClN5O2. The van der Waals surface area contributed by atoms with Crippen molar-refractivity contribution in [2.45, 2.75) is 50.0 Å². The van der Waals surface area contributed by atoms with Gasteiger partial charge in [0.2, 0.25) is 0 Å². The normalized spacial score (nSPS) is 26.5. The fourth-order valence-corrected chi connectivity index (χ4v) is 5.94. The molecule has 0 spiro atoms. The van der Waals surface area contributed by atoms with Crippen LogP contribution in [0.15, 0.2) is 18.3 Å². The molecule has 0 aromatic carbocycles. The topological polar surface area (TPSA) is 72.3 Å². The van der Waals surface area contributed by atoms with E-state index >= 15 is 0 Å². The van der Waals surface area contributed by atoms with Gasteiger partial charge in [0.15, 0.2) is 11.5 Å². The number of nitrogens with one attached hydrogen (secondary N) is 1. The van der Waals surface area contributed by atoms with E-state index in [1.807, 2.05) is 16.8 Å². The fourth-order valence-electron chi connectivity index (χ4n) is 5.83. The SMILES string of the molecule is O=C(NC1(CN2CCOCC2)CCCC1)c1nn(-c2ccc(Cl)cn2)c2c1C[C@H]1C[C@@H]21. The Morgan fingerprint density at radius 1 is 1.26 bits per heavy atom. The van der Waals surface area contributed by atoms with E-state index in [-0.39, 0.29) is 11.4 Å². The third-order valence-corrected chi connectivity index (χ3v) is 7.70. The first-order chi connectivity index (χ1) is 15.1. The highest BCUT2D eigenvalue weighted by molar-refractivity contribution is 6.30. The molecule has 0 unspecified atom stereocenters. The Morgan fingerprint density at radius 3 is 2.81 bits per heavy atom. The van der Waals surface area contributed by atoms with Crippen LogP contribution in [0.5, 0.6) is 0 Å². The minimum atomic E-state index is -0.162. The summed E-state index contributed by atoms with van der Waals surface area (Å²) in [6, 6.07) is 3.71. The molecule has 8 heteroatoms. The standard InChI is InChI=1S/C23H28ClN5O2/c24-16-3-4-19(25-13-16)29-21-17-11-15(17)12-18(21)20(27-29)22(30)26-23(5-1-2-6-23)14-28-7-9-31-10-8-28/h3-4,13,15,17H,1-2,5-12,14H2,(H,26,30)/t15-,17-/m1/s1. The number of halogens is 1. The molecule has 1 amide bonds. The predicted molar refractivity (Wildman–Crippen MR) is 117 cm³/mol. The van der Waals surface area contributed by atoms with Gasteiger partial charge in [0, 0.05) is 37.3 Å². The summed E-state index contributed by atoms with van der Waals surface area (Å²) in [5.41, 5.74) is 2.73. The minimum Gasteiger partial charge on any atom is -0.379 e. The van der Waals surface area contributed by atoms with Crippen molar-refractivity contribution in [3.63, 3.8) is 0 Å². The summed E-state index contributed by atoms with van der Waals surface area (Å²) in [6.07, 6.45) is 8.17. The number of amides is 1. The van der Waals surface area contributed by atoms with E-state index in [0.29, 0.717) is 22.6 Å². The van der Waals surface area contributed by atoms with E-state index in [9.17, 15) is 4.79 Å². The summed E-state index contributed by atoms with van der Waals surface area (Å²) >= 11 is 6.03. The second kappa shape index (κ2) is 7.57. The highest BCUT2D eigenvalue weighted by Gasteiger charge is 2.50. The molecule has 2 aromatic rings. The number of nitrogens with zero attached hydrogens (tertiary/aromatic N) is 4. The molecule has 0 bridgehead atoms. The number of pyridine rings is 1. The Kier molecular flexibility index (Phi) is 4.81. The van der Waals surface area contributed by atoms with Gasteiger partial charge >= 0.3 is 0 Å². The molecule has 31 heavy (non-hydrogen) atoms. The summed E-state index contributed by atoms with van der Waals surface area (Å²) in [5.74, 6) is 1.87. The van der Waals surface area contributed by atoms with Gasteiger partial charge in [-0.3, -0.25) is 9.69 Å². The summed E-state index contributed by atoms with van der Waals surface area (Å²) in [7, 11) is 0. The number of hydrogen-bond acceptors (Lipinski definition) is 5. The number of hydrogen-bond donors (Lipinski definition) is 1. The largest absolute Gasteiger partial charge is 0.379 e. The fraction of sp³-hybridized carbons (Fsp3) is 0.609. The van der Waals surface area contributed by atoms with Crippen LogP contribution in [0.2, 0.25) is 5.02 Å². The number of rotatable bonds is 5. The van der Waals surface area contributed by atoms with Crippen LogP contribution in [0.4, 0.5) is 0 Å². The van der Waals surface area contributed by atoms with Gasteiger partial charge in [0.25, 0.3) is 5.91 Å². The van der Waals surface area contributed by atoms with E-state index in [2.05, 4.69) is 15.2 Å². The van der Waals surface area contributed by atoms with Crippen LogP contribution in [0, 0.1) is 5.92 Å². The molecule has 2 atom stereocenters. The lowest BCUT2D eigenvalue weighted by Crippen LogP contribution is -2.55. The van der Waals surface area contributed by atoms with Gasteiger partial charge in [-0.2, -0.15) is 5.10 Å². The van der Waals surface area contributed by atoms with Gasteiger partial charge in [0.05, 0.1) is 29.5 Å². The van der Waals surface area contributed by atoms with Crippen LogP contribution in [0.25, 0.3) is 5.82 Å². The molecule has 1 saturated heterocycles.